The second-order valence-corrected chi connectivity index (χ2v) is 8.68. The molecule has 0 saturated carbocycles. The molecule has 154 valence electrons. The minimum Gasteiger partial charge on any atom is -0.439 e. The average Bonchev–Trinajstić information content (AvgIpc) is 3.22. The highest BCUT2D eigenvalue weighted by molar-refractivity contribution is 7.89. The molecule has 0 saturated heterocycles. The van der Waals surface area contributed by atoms with E-state index >= 15 is 0 Å². The van der Waals surface area contributed by atoms with Crippen LogP contribution in [0.2, 0.25) is 0 Å². The lowest BCUT2D eigenvalue weighted by Gasteiger charge is -2.19. The zero-order chi connectivity index (χ0) is 20.9. The second-order valence-electron chi connectivity index (χ2n) is 6.75. The molecule has 6 nitrogen and oxygen atoms in total. The van der Waals surface area contributed by atoms with E-state index in [2.05, 4.69) is 10.3 Å². The zero-order valence-corrected chi connectivity index (χ0v) is 17.8. The summed E-state index contributed by atoms with van der Waals surface area (Å²) >= 11 is 0. The molecule has 0 aliphatic rings. The van der Waals surface area contributed by atoms with Crippen LogP contribution < -0.4 is 5.32 Å². The first-order valence-corrected chi connectivity index (χ1v) is 11.2. The number of nitrogens with one attached hydrogen (secondary N) is 1. The lowest BCUT2D eigenvalue weighted by Crippen LogP contribution is -2.30. The summed E-state index contributed by atoms with van der Waals surface area (Å²) in [4.78, 5) is 4.65. The molecule has 0 aliphatic carbocycles. The molecule has 0 radical (unpaired) electrons. The molecule has 0 spiro atoms. The molecule has 1 N–H and O–H groups in total. The first-order valence-electron chi connectivity index (χ1n) is 9.79. The maximum absolute atomic E-state index is 12.6. The van der Waals surface area contributed by atoms with Gasteiger partial charge in [-0.05, 0) is 24.6 Å². The fourth-order valence-electron chi connectivity index (χ4n) is 3.13. The molecule has 29 heavy (non-hydrogen) atoms. The van der Waals surface area contributed by atoms with Crippen LogP contribution >= 0.6 is 0 Å². The molecule has 3 aromatic rings. The lowest BCUT2D eigenvalue weighted by molar-refractivity contribution is 0.445. The summed E-state index contributed by atoms with van der Waals surface area (Å²) in [6.45, 7) is 7.10. The number of sulfonamides is 1. The molecule has 7 heteroatoms. The van der Waals surface area contributed by atoms with Crippen molar-refractivity contribution in [2.45, 2.75) is 38.3 Å². The molecule has 1 heterocycles. The third-order valence-corrected chi connectivity index (χ3v) is 6.96. The fraction of sp³-hybridized carbons (Fsp3) is 0.318. The Morgan fingerprint density at radius 1 is 1.03 bits per heavy atom. The largest absolute Gasteiger partial charge is 0.439 e. The summed E-state index contributed by atoms with van der Waals surface area (Å²) < 4.78 is 32.5. The van der Waals surface area contributed by atoms with Gasteiger partial charge in [-0.2, -0.15) is 4.31 Å². The molecule has 1 aromatic heterocycles. The number of hydrogen-bond donors (Lipinski definition) is 1. The minimum absolute atomic E-state index is 0.0206. The number of aromatic nitrogens is 1. The van der Waals surface area contributed by atoms with E-state index in [-0.39, 0.29) is 6.04 Å². The van der Waals surface area contributed by atoms with E-state index in [1.165, 1.54) is 4.31 Å². The highest BCUT2D eigenvalue weighted by Crippen LogP contribution is 2.22. The van der Waals surface area contributed by atoms with E-state index < -0.39 is 10.0 Å². The Bertz CT molecular complexity index is 1010. The Hall–Kier alpha value is -2.48. The van der Waals surface area contributed by atoms with Gasteiger partial charge < -0.3 is 9.73 Å². The minimum atomic E-state index is -3.43. The van der Waals surface area contributed by atoms with E-state index in [0.29, 0.717) is 30.4 Å². The van der Waals surface area contributed by atoms with Crippen LogP contribution in [0.25, 0.3) is 11.3 Å². The Morgan fingerprint density at radius 3 is 2.31 bits per heavy atom. The summed E-state index contributed by atoms with van der Waals surface area (Å²) in [6.07, 6.45) is 1.73. The number of nitrogens with zero attached hydrogens (tertiary/aromatic N) is 2. The monoisotopic (exact) mass is 413 g/mol. The van der Waals surface area contributed by atoms with E-state index in [0.717, 1.165) is 16.9 Å². The van der Waals surface area contributed by atoms with Crippen LogP contribution in [-0.2, 0) is 16.6 Å². The SMILES string of the molecule is CCN(CC)S(=O)(=O)c1ccc([C@H](C)NCc2ncc(-c3ccccc3)o2)cc1. The highest BCUT2D eigenvalue weighted by Gasteiger charge is 2.21. The number of benzene rings is 2. The van der Waals surface area contributed by atoms with Crippen LogP contribution in [0, 0.1) is 0 Å². The number of oxazole rings is 1. The van der Waals surface area contributed by atoms with Crippen molar-refractivity contribution in [3.05, 3.63) is 72.2 Å². The van der Waals surface area contributed by atoms with Crippen molar-refractivity contribution in [3.63, 3.8) is 0 Å². The molecule has 1 atom stereocenters. The van der Waals surface area contributed by atoms with Gasteiger partial charge in [-0.1, -0.05) is 56.3 Å². The molecule has 3 rings (SSSR count). The van der Waals surface area contributed by atoms with Gasteiger partial charge in [0.2, 0.25) is 15.9 Å². The van der Waals surface area contributed by atoms with Crippen molar-refractivity contribution in [2.75, 3.05) is 13.1 Å². The maximum atomic E-state index is 12.6. The van der Waals surface area contributed by atoms with Crippen LogP contribution in [0.15, 0.2) is 70.1 Å². The fourth-order valence-corrected chi connectivity index (χ4v) is 4.59. The van der Waals surface area contributed by atoms with Crippen LogP contribution in [0.3, 0.4) is 0 Å². The first-order chi connectivity index (χ1) is 14.0. The summed E-state index contributed by atoms with van der Waals surface area (Å²) in [7, 11) is -3.43. The van der Waals surface area contributed by atoms with Crippen molar-refractivity contribution in [1.29, 1.82) is 0 Å². The first kappa shape index (κ1) is 21.2. The maximum Gasteiger partial charge on any atom is 0.243 e. The second kappa shape index (κ2) is 9.35. The predicted octanol–water partition coefficient (Wildman–Crippen LogP) is 4.22. The summed E-state index contributed by atoms with van der Waals surface area (Å²) in [6, 6.07) is 16.9. The molecule has 2 aromatic carbocycles. The normalized spacial score (nSPS) is 13.0. The molecule has 0 unspecified atom stereocenters. The van der Waals surface area contributed by atoms with Gasteiger partial charge in [-0.25, -0.2) is 13.4 Å². The van der Waals surface area contributed by atoms with Gasteiger partial charge >= 0.3 is 0 Å². The quantitative estimate of drug-likeness (QED) is 0.568. The van der Waals surface area contributed by atoms with Gasteiger partial charge in [0.15, 0.2) is 5.76 Å². The summed E-state index contributed by atoms with van der Waals surface area (Å²) in [5.41, 5.74) is 1.99. The molecule has 0 amide bonds. The summed E-state index contributed by atoms with van der Waals surface area (Å²) in [5, 5.41) is 3.37. The molecule has 0 fully saturated rings. The third-order valence-electron chi connectivity index (χ3n) is 4.89. The van der Waals surface area contributed by atoms with Crippen LogP contribution in [0.5, 0.6) is 0 Å². The van der Waals surface area contributed by atoms with E-state index in [1.807, 2.05) is 63.2 Å². The number of hydrogen-bond acceptors (Lipinski definition) is 5. The Labute approximate surface area is 172 Å². The molecular formula is C22H27N3O3S. The average molecular weight is 414 g/mol. The van der Waals surface area contributed by atoms with Gasteiger partial charge in [-0.15, -0.1) is 0 Å². The standard InChI is InChI=1S/C22H27N3O3S/c1-4-25(5-2)29(26,27)20-13-11-18(12-14-20)17(3)23-16-22-24-15-21(28-22)19-9-7-6-8-10-19/h6-15,17,23H,4-5,16H2,1-3H3/t17-/m0/s1. The van der Waals surface area contributed by atoms with Gasteiger partial charge in [-0.3, -0.25) is 0 Å². The summed E-state index contributed by atoms with van der Waals surface area (Å²) in [5.74, 6) is 1.34. The lowest BCUT2D eigenvalue weighted by atomic mass is 10.1. The van der Waals surface area contributed by atoms with Crippen LogP contribution in [-0.4, -0.2) is 30.8 Å². The van der Waals surface area contributed by atoms with E-state index in [1.54, 1.807) is 18.3 Å². The predicted molar refractivity (Wildman–Crippen MR) is 114 cm³/mol. The molecular weight excluding hydrogens is 386 g/mol. The molecule has 0 aliphatic heterocycles. The van der Waals surface area contributed by atoms with Gasteiger partial charge in [0.25, 0.3) is 0 Å². The van der Waals surface area contributed by atoms with E-state index in [4.69, 9.17) is 4.42 Å². The topological polar surface area (TPSA) is 75.4 Å². The van der Waals surface area contributed by atoms with Gasteiger partial charge in [0.1, 0.15) is 0 Å². The van der Waals surface area contributed by atoms with E-state index in [9.17, 15) is 8.42 Å². The Morgan fingerprint density at radius 2 is 1.69 bits per heavy atom. The van der Waals surface area contributed by atoms with Crippen molar-refractivity contribution in [3.8, 4) is 11.3 Å². The van der Waals surface area contributed by atoms with Crippen molar-refractivity contribution in [1.82, 2.24) is 14.6 Å². The zero-order valence-electron chi connectivity index (χ0n) is 17.0. The Kier molecular flexibility index (Phi) is 6.84. The Balaban J connectivity index is 1.63. The van der Waals surface area contributed by atoms with Crippen molar-refractivity contribution in [2.24, 2.45) is 0 Å². The number of rotatable bonds is 9. The van der Waals surface area contributed by atoms with Crippen molar-refractivity contribution < 1.29 is 12.8 Å². The van der Waals surface area contributed by atoms with Gasteiger partial charge in [0.05, 0.1) is 17.6 Å². The van der Waals surface area contributed by atoms with Crippen LogP contribution in [0.4, 0.5) is 0 Å². The third kappa shape index (κ3) is 4.93. The molecule has 0 bridgehead atoms. The van der Waals surface area contributed by atoms with Crippen LogP contribution in [0.1, 0.15) is 38.3 Å². The van der Waals surface area contributed by atoms with Gasteiger partial charge in [0, 0.05) is 24.7 Å². The smallest absolute Gasteiger partial charge is 0.243 e. The highest BCUT2D eigenvalue weighted by atomic mass is 32.2. The van der Waals surface area contributed by atoms with Crippen molar-refractivity contribution >= 4 is 10.0 Å².